The first-order chi connectivity index (χ1) is 13.5. The lowest BCUT2D eigenvalue weighted by Crippen LogP contribution is -2.30. The molecule has 0 radical (unpaired) electrons. The van der Waals surface area contributed by atoms with Crippen LogP contribution in [0.25, 0.3) is 11.3 Å². The summed E-state index contributed by atoms with van der Waals surface area (Å²) in [7, 11) is 1.64. The third-order valence-corrected chi connectivity index (χ3v) is 5.29. The van der Waals surface area contributed by atoms with Gasteiger partial charge in [-0.2, -0.15) is 0 Å². The Morgan fingerprint density at radius 2 is 1.96 bits per heavy atom. The Labute approximate surface area is 177 Å². The first kappa shape index (κ1) is 20.5. The highest BCUT2D eigenvalue weighted by atomic mass is 35.5. The zero-order valence-electron chi connectivity index (χ0n) is 15.1. The molecular formula is C20H18Cl2N2O3S. The summed E-state index contributed by atoms with van der Waals surface area (Å²) in [6, 6.07) is 12.6. The van der Waals surface area contributed by atoms with Gasteiger partial charge in [0.2, 0.25) is 0 Å². The SMILES string of the molecule is COc1ccc(-c2csc(CCNC(=O)COc3ccc(Cl)cc3Cl)n2)cc1. The summed E-state index contributed by atoms with van der Waals surface area (Å²) in [5, 5.41) is 6.65. The highest BCUT2D eigenvalue weighted by Gasteiger charge is 2.08. The van der Waals surface area contributed by atoms with E-state index in [1.807, 2.05) is 29.6 Å². The van der Waals surface area contributed by atoms with Crippen molar-refractivity contribution in [2.24, 2.45) is 0 Å². The highest BCUT2D eigenvalue weighted by Crippen LogP contribution is 2.27. The van der Waals surface area contributed by atoms with Gasteiger partial charge in [0.15, 0.2) is 6.61 Å². The molecule has 3 rings (SSSR count). The van der Waals surface area contributed by atoms with Crippen LogP contribution in [0.1, 0.15) is 5.01 Å². The van der Waals surface area contributed by atoms with E-state index in [2.05, 4.69) is 10.3 Å². The second-order valence-electron chi connectivity index (χ2n) is 5.82. The van der Waals surface area contributed by atoms with E-state index >= 15 is 0 Å². The molecule has 0 unspecified atom stereocenters. The maximum atomic E-state index is 11.9. The number of amides is 1. The predicted molar refractivity (Wildman–Crippen MR) is 113 cm³/mol. The second kappa shape index (κ2) is 9.78. The Balaban J connectivity index is 1.44. The number of aromatic nitrogens is 1. The van der Waals surface area contributed by atoms with Crippen molar-refractivity contribution in [3.05, 3.63) is 62.9 Å². The first-order valence-electron chi connectivity index (χ1n) is 8.48. The normalized spacial score (nSPS) is 10.5. The minimum Gasteiger partial charge on any atom is -0.497 e. The van der Waals surface area contributed by atoms with E-state index in [0.29, 0.717) is 28.8 Å². The van der Waals surface area contributed by atoms with Crippen LogP contribution in [0.3, 0.4) is 0 Å². The van der Waals surface area contributed by atoms with E-state index in [-0.39, 0.29) is 12.5 Å². The molecule has 0 aliphatic rings. The third kappa shape index (κ3) is 5.61. The van der Waals surface area contributed by atoms with Gasteiger partial charge in [0, 0.05) is 28.9 Å². The molecule has 0 aliphatic heterocycles. The number of methoxy groups -OCH3 is 1. The summed E-state index contributed by atoms with van der Waals surface area (Å²) in [6.45, 7) is 0.364. The standard InChI is InChI=1S/C20H18Cl2N2O3S/c1-26-15-5-2-13(3-6-15)17-12-28-20(24-17)8-9-23-19(25)11-27-18-7-4-14(21)10-16(18)22/h2-7,10,12H,8-9,11H2,1H3,(H,23,25). The Kier molecular flexibility index (Phi) is 7.14. The number of nitrogens with zero attached hydrogens (tertiary/aromatic N) is 1. The monoisotopic (exact) mass is 436 g/mol. The van der Waals surface area contributed by atoms with Gasteiger partial charge in [-0.25, -0.2) is 4.98 Å². The average molecular weight is 437 g/mol. The number of halogens is 2. The summed E-state index contributed by atoms with van der Waals surface area (Å²) < 4.78 is 10.6. The van der Waals surface area contributed by atoms with Gasteiger partial charge in [-0.3, -0.25) is 4.79 Å². The van der Waals surface area contributed by atoms with Crippen molar-refractivity contribution in [2.45, 2.75) is 6.42 Å². The lowest BCUT2D eigenvalue weighted by Gasteiger charge is -2.08. The molecule has 28 heavy (non-hydrogen) atoms. The molecule has 0 bridgehead atoms. The predicted octanol–water partition coefficient (Wildman–Crippen LogP) is 4.86. The zero-order valence-corrected chi connectivity index (χ0v) is 17.4. The number of carbonyl (C=O) groups is 1. The molecule has 0 aliphatic carbocycles. The Morgan fingerprint density at radius 3 is 2.68 bits per heavy atom. The lowest BCUT2D eigenvalue weighted by molar-refractivity contribution is -0.123. The Bertz CT molecular complexity index is 945. The van der Waals surface area contributed by atoms with Crippen LogP contribution in [-0.2, 0) is 11.2 Å². The van der Waals surface area contributed by atoms with Crippen molar-refractivity contribution >= 4 is 40.4 Å². The van der Waals surface area contributed by atoms with Gasteiger partial charge >= 0.3 is 0 Å². The molecule has 0 spiro atoms. The van der Waals surface area contributed by atoms with Gasteiger partial charge in [0.05, 0.1) is 22.8 Å². The fourth-order valence-corrected chi connectivity index (χ4v) is 3.69. The van der Waals surface area contributed by atoms with E-state index in [1.165, 1.54) is 0 Å². The molecule has 146 valence electrons. The smallest absolute Gasteiger partial charge is 0.257 e. The van der Waals surface area contributed by atoms with Gasteiger partial charge in [-0.05, 0) is 42.5 Å². The van der Waals surface area contributed by atoms with Crippen LogP contribution in [0.4, 0.5) is 0 Å². The number of rotatable bonds is 8. The first-order valence-corrected chi connectivity index (χ1v) is 10.1. The fraction of sp³-hybridized carbons (Fsp3) is 0.200. The quantitative estimate of drug-likeness (QED) is 0.547. The highest BCUT2D eigenvalue weighted by molar-refractivity contribution is 7.09. The molecule has 0 saturated carbocycles. The van der Waals surface area contributed by atoms with Crippen LogP contribution in [0.15, 0.2) is 47.8 Å². The fourth-order valence-electron chi connectivity index (χ4n) is 2.42. The van der Waals surface area contributed by atoms with Crippen LogP contribution in [0.5, 0.6) is 11.5 Å². The van der Waals surface area contributed by atoms with E-state index in [0.717, 1.165) is 22.0 Å². The minimum atomic E-state index is -0.224. The van der Waals surface area contributed by atoms with Crippen molar-refractivity contribution in [3.63, 3.8) is 0 Å². The molecule has 3 aromatic rings. The number of hydrogen-bond donors (Lipinski definition) is 1. The number of carbonyl (C=O) groups excluding carboxylic acids is 1. The molecule has 0 saturated heterocycles. The second-order valence-corrected chi connectivity index (χ2v) is 7.60. The molecule has 8 heteroatoms. The Hall–Kier alpha value is -2.28. The summed E-state index contributed by atoms with van der Waals surface area (Å²) in [5.41, 5.74) is 1.94. The van der Waals surface area contributed by atoms with Crippen molar-refractivity contribution in [3.8, 4) is 22.8 Å². The topological polar surface area (TPSA) is 60.5 Å². The van der Waals surface area contributed by atoms with Crippen LogP contribution in [0.2, 0.25) is 10.0 Å². The average Bonchev–Trinajstić information content (AvgIpc) is 3.16. The van der Waals surface area contributed by atoms with Crippen molar-refractivity contribution in [1.29, 1.82) is 0 Å². The maximum absolute atomic E-state index is 11.9. The summed E-state index contributed by atoms with van der Waals surface area (Å²) in [5.74, 6) is 1.01. The third-order valence-electron chi connectivity index (χ3n) is 3.85. The van der Waals surface area contributed by atoms with Crippen LogP contribution < -0.4 is 14.8 Å². The molecule has 2 aromatic carbocycles. The van der Waals surface area contributed by atoms with Crippen LogP contribution >= 0.6 is 34.5 Å². The maximum Gasteiger partial charge on any atom is 0.257 e. The number of ether oxygens (including phenoxy) is 2. The van der Waals surface area contributed by atoms with E-state index in [9.17, 15) is 4.79 Å². The molecule has 0 fully saturated rings. The van der Waals surface area contributed by atoms with E-state index in [4.69, 9.17) is 32.7 Å². The molecule has 1 heterocycles. The van der Waals surface area contributed by atoms with Gasteiger partial charge in [-0.1, -0.05) is 23.2 Å². The number of benzene rings is 2. The van der Waals surface area contributed by atoms with Crippen molar-refractivity contribution in [1.82, 2.24) is 10.3 Å². The van der Waals surface area contributed by atoms with Crippen molar-refractivity contribution in [2.75, 3.05) is 20.3 Å². The Morgan fingerprint density at radius 1 is 1.18 bits per heavy atom. The van der Waals surface area contributed by atoms with E-state index < -0.39 is 0 Å². The number of thiazole rings is 1. The van der Waals surface area contributed by atoms with Gasteiger partial charge < -0.3 is 14.8 Å². The van der Waals surface area contributed by atoms with Gasteiger partial charge in [0.25, 0.3) is 5.91 Å². The molecule has 1 N–H and O–H groups in total. The largest absolute Gasteiger partial charge is 0.497 e. The zero-order chi connectivity index (χ0) is 19.9. The van der Waals surface area contributed by atoms with Crippen LogP contribution in [-0.4, -0.2) is 31.2 Å². The van der Waals surface area contributed by atoms with Crippen LogP contribution in [0, 0.1) is 0 Å². The molecular weight excluding hydrogens is 419 g/mol. The van der Waals surface area contributed by atoms with Gasteiger partial charge in [-0.15, -0.1) is 11.3 Å². The number of hydrogen-bond acceptors (Lipinski definition) is 5. The van der Waals surface area contributed by atoms with Crippen molar-refractivity contribution < 1.29 is 14.3 Å². The molecule has 5 nitrogen and oxygen atoms in total. The summed E-state index contributed by atoms with van der Waals surface area (Å²) >= 11 is 13.4. The number of nitrogens with one attached hydrogen (secondary N) is 1. The van der Waals surface area contributed by atoms with Gasteiger partial charge in [0.1, 0.15) is 11.5 Å². The summed E-state index contributed by atoms with van der Waals surface area (Å²) in [6.07, 6.45) is 0.647. The minimum absolute atomic E-state index is 0.115. The molecule has 1 amide bonds. The molecule has 0 atom stereocenters. The summed E-state index contributed by atoms with van der Waals surface area (Å²) in [4.78, 5) is 16.5. The van der Waals surface area contributed by atoms with E-state index in [1.54, 1.807) is 36.6 Å². The molecule has 1 aromatic heterocycles. The lowest BCUT2D eigenvalue weighted by atomic mass is 10.2.